The number of benzene rings is 2. The summed E-state index contributed by atoms with van der Waals surface area (Å²) in [4.78, 5) is 14.3. The number of nitrogens with zero attached hydrogens (tertiary/aromatic N) is 1. The molecule has 0 saturated heterocycles. The summed E-state index contributed by atoms with van der Waals surface area (Å²) in [6.45, 7) is 6.18. The molecule has 2 aromatic carbocycles. The maximum absolute atomic E-state index is 12.1. The van der Waals surface area contributed by atoms with Crippen molar-refractivity contribution in [3.8, 4) is 0 Å². The summed E-state index contributed by atoms with van der Waals surface area (Å²) in [7, 11) is 0. The Hall–Kier alpha value is -2.49. The fourth-order valence-electron chi connectivity index (χ4n) is 2.18. The van der Waals surface area contributed by atoms with Crippen molar-refractivity contribution < 1.29 is 4.79 Å². The first-order valence-electron chi connectivity index (χ1n) is 7.16. The number of amides is 1. The number of nitrogens with one attached hydrogen (secondary N) is 1. The van der Waals surface area contributed by atoms with Gasteiger partial charge in [-0.1, -0.05) is 0 Å². The van der Waals surface area contributed by atoms with E-state index in [9.17, 15) is 4.79 Å². The van der Waals surface area contributed by atoms with Crippen molar-refractivity contribution >= 4 is 23.0 Å². The molecule has 4 heteroatoms. The van der Waals surface area contributed by atoms with Crippen LogP contribution in [0.2, 0.25) is 0 Å². The third-order valence-corrected chi connectivity index (χ3v) is 3.43. The van der Waals surface area contributed by atoms with Crippen LogP contribution in [0.4, 0.5) is 17.1 Å². The van der Waals surface area contributed by atoms with Crippen molar-refractivity contribution in [3.05, 3.63) is 54.1 Å². The zero-order chi connectivity index (χ0) is 15.2. The van der Waals surface area contributed by atoms with Gasteiger partial charge in [0.2, 0.25) is 0 Å². The molecule has 4 nitrogen and oxygen atoms in total. The zero-order valence-corrected chi connectivity index (χ0v) is 12.5. The van der Waals surface area contributed by atoms with Gasteiger partial charge in [-0.05, 0) is 62.4 Å². The lowest BCUT2D eigenvalue weighted by atomic mass is 10.2. The maximum atomic E-state index is 12.1. The number of anilines is 3. The number of carbonyl (C=O) groups is 1. The molecule has 2 rings (SSSR count). The highest BCUT2D eigenvalue weighted by Gasteiger charge is 2.06. The molecule has 0 heterocycles. The van der Waals surface area contributed by atoms with Gasteiger partial charge >= 0.3 is 0 Å². The molecule has 2 aromatic rings. The Balaban J connectivity index is 2.06. The van der Waals surface area contributed by atoms with Crippen LogP contribution in [0.5, 0.6) is 0 Å². The largest absolute Gasteiger partial charge is 0.399 e. The minimum Gasteiger partial charge on any atom is -0.399 e. The van der Waals surface area contributed by atoms with Crippen molar-refractivity contribution in [2.24, 2.45) is 0 Å². The van der Waals surface area contributed by atoms with Gasteiger partial charge in [-0.3, -0.25) is 4.79 Å². The highest BCUT2D eigenvalue weighted by atomic mass is 16.1. The third kappa shape index (κ3) is 3.75. The van der Waals surface area contributed by atoms with E-state index < -0.39 is 0 Å². The number of hydrogen-bond acceptors (Lipinski definition) is 3. The van der Waals surface area contributed by atoms with E-state index in [-0.39, 0.29) is 5.91 Å². The molecule has 0 spiro atoms. The van der Waals surface area contributed by atoms with Gasteiger partial charge in [0.1, 0.15) is 0 Å². The molecule has 0 saturated carbocycles. The molecule has 0 aliphatic carbocycles. The minimum absolute atomic E-state index is 0.134. The van der Waals surface area contributed by atoms with E-state index in [1.165, 1.54) is 0 Å². The monoisotopic (exact) mass is 283 g/mol. The van der Waals surface area contributed by atoms with Gasteiger partial charge in [-0.25, -0.2) is 0 Å². The molecule has 1 amide bonds. The molecule has 110 valence electrons. The first-order valence-corrected chi connectivity index (χ1v) is 7.16. The van der Waals surface area contributed by atoms with Crippen molar-refractivity contribution in [1.82, 2.24) is 0 Å². The summed E-state index contributed by atoms with van der Waals surface area (Å²) in [6.07, 6.45) is 0. The molecule has 0 radical (unpaired) electrons. The normalized spacial score (nSPS) is 10.2. The summed E-state index contributed by atoms with van der Waals surface area (Å²) in [5, 5.41) is 2.88. The minimum atomic E-state index is -0.134. The van der Waals surface area contributed by atoms with Gasteiger partial charge < -0.3 is 16.0 Å². The number of hydrogen-bond donors (Lipinski definition) is 2. The Labute approximate surface area is 125 Å². The van der Waals surface area contributed by atoms with Gasteiger partial charge in [0.15, 0.2) is 0 Å². The Morgan fingerprint density at radius 3 is 2.10 bits per heavy atom. The van der Waals surface area contributed by atoms with Crippen LogP contribution in [0.3, 0.4) is 0 Å². The second-order valence-electron chi connectivity index (χ2n) is 4.80. The van der Waals surface area contributed by atoms with Gasteiger partial charge in [-0.15, -0.1) is 0 Å². The fourth-order valence-corrected chi connectivity index (χ4v) is 2.18. The summed E-state index contributed by atoms with van der Waals surface area (Å²) < 4.78 is 0. The topological polar surface area (TPSA) is 58.4 Å². The SMILES string of the molecule is CCN(CC)c1ccc(NC(=O)c2ccc(N)cc2)cc1. The Kier molecular flexibility index (Phi) is 4.82. The van der Waals surface area contributed by atoms with E-state index in [0.29, 0.717) is 11.3 Å². The van der Waals surface area contributed by atoms with Crippen LogP contribution in [0, 0.1) is 0 Å². The molecule has 0 bridgehead atoms. The quantitative estimate of drug-likeness (QED) is 0.827. The molecule has 0 aromatic heterocycles. The van der Waals surface area contributed by atoms with Crippen LogP contribution in [0.1, 0.15) is 24.2 Å². The second kappa shape index (κ2) is 6.79. The molecule has 0 unspecified atom stereocenters. The average Bonchev–Trinajstić information content (AvgIpc) is 2.51. The first kappa shape index (κ1) is 14.9. The summed E-state index contributed by atoms with van der Waals surface area (Å²) in [5.41, 5.74) is 8.80. The Morgan fingerprint density at radius 2 is 1.57 bits per heavy atom. The van der Waals surface area contributed by atoms with Gasteiger partial charge in [-0.2, -0.15) is 0 Å². The average molecular weight is 283 g/mol. The zero-order valence-electron chi connectivity index (χ0n) is 12.5. The fraction of sp³-hybridized carbons (Fsp3) is 0.235. The summed E-state index contributed by atoms with van der Waals surface area (Å²) >= 11 is 0. The second-order valence-corrected chi connectivity index (χ2v) is 4.80. The Bertz CT molecular complexity index is 586. The molecular formula is C17H21N3O. The van der Waals surface area contributed by atoms with Crippen LogP contribution in [0.15, 0.2) is 48.5 Å². The highest BCUT2D eigenvalue weighted by molar-refractivity contribution is 6.04. The maximum Gasteiger partial charge on any atom is 0.255 e. The van der Waals surface area contributed by atoms with Gasteiger partial charge in [0, 0.05) is 35.7 Å². The number of rotatable bonds is 5. The lowest BCUT2D eigenvalue weighted by Gasteiger charge is -2.21. The van der Waals surface area contributed by atoms with Crippen molar-refractivity contribution in [2.45, 2.75) is 13.8 Å². The van der Waals surface area contributed by atoms with E-state index >= 15 is 0 Å². The van der Waals surface area contributed by atoms with E-state index in [1.54, 1.807) is 24.3 Å². The summed E-state index contributed by atoms with van der Waals surface area (Å²) in [6, 6.07) is 14.8. The first-order chi connectivity index (χ1) is 10.1. The van der Waals surface area contributed by atoms with Crippen LogP contribution in [-0.2, 0) is 0 Å². The Morgan fingerprint density at radius 1 is 1.00 bits per heavy atom. The molecule has 3 N–H and O–H groups in total. The molecular weight excluding hydrogens is 262 g/mol. The van der Waals surface area contributed by atoms with Gasteiger partial charge in [0.05, 0.1) is 0 Å². The van der Waals surface area contributed by atoms with Crippen LogP contribution in [0.25, 0.3) is 0 Å². The lowest BCUT2D eigenvalue weighted by Crippen LogP contribution is -2.21. The lowest BCUT2D eigenvalue weighted by molar-refractivity contribution is 0.102. The number of nitrogens with two attached hydrogens (primary N) is 1. The number of nitrogen functional groups attached to an aromatic ring is 1. The van der Waals surface area contributed by atoms with E-state index in [2.05, 4.69) is 24.1 Å². The predicted octanol–water partition coefficient (Wildman–Crippen LogP) is 3.37. The van der Waals surface area contributed by atoms with E-state index in [4.69, 9.17) is 5.73 Å². The van der Waals surface area contributed by atoms with Crippen LogP contribution < -0.4 is 16.0 Å². The standard InChI is InChI=1S/C17H21N3O/c1-3-20(4-2)16-11-9-15(10-12-16)19-17(21)13-5-7-14(18)8-6-13/h5-12H,3-4,18H2,1-2H3,(H,19,21). The van der Waals surface area contributed by atoms with E-state index in [0.717, 1.165) is 24.5 Å². The van der Waals surface area contributed by atoms with Gasteiger partial charge in [0.25, 0.3) is 5.91 Å². The summed E-state index contributed by atoms with van der Waals surface area (Å²) in [5.74, 6) is -0.134. The smallest absolute Gasteiger partial charge is 0.255 e. The molecule has 0 aliphatic heterocycles. The van der Waals surface area contributed by atoms with Crippen molar-refractivity contribution in [1.29, 1.82) is 0 Å². The molecule has 21 heavy (non-hydrogen) atoms. The van der Waals surface area contributed by atoms with Crippen molar-refractivity contribution in [3.63, 3.8) is 0 Å². The van der Waals surface area contributed by atoms with Crippen molar-refractivity contribution in [2.75, 3.05) is 29.0 Å². The predicted molar refractivity (Wildman–Crippen MR) is 88.8 cm³/mol. The molecule has 0 fully saturated rings. The highest BCUT2D eigenvalue weighted by Crippen LogP contribution is 2.18. The van der Waals surface area contributed by atoms with Crippen LogP contribution in [-0.4, -0.2) is 19.0 Å². The number of carbonyl (C=O) groups excluding carboxylic acids is 1. The third-order valence-electron chi connectivity index (χ3n) is 3.43. The molecule has 0 atom stereocenters. The van der Waals surface area contributed by atoms with E-state index in [1.807, 2.05) is 24.3 Å². The van der Waals surface area contributed by atoms with Crippen LogP contribution >= 0.6 is 0 Å². The molecule has 0 aliphatic rings.